The Morgan fingerprint density at radius 3 is 2.85 bits per heavy atom. The van der Waals surface area contributed by atoms with Gasteiger partial charge in [0.25, 0.3) is 0 Å². The van der Waals surface area contributed by atoms with Crippen LogP contribution in [0.15, 0.2) is 30.9 Å². The Morgan fingerprint density at radius 1 is 1.38 bits per heavy atom. The van der Waals surface area contributed by atoms with Gasteiger partial charge in [-0.2, -0.15) is 0 Å². The van der Waals surface area contributed by atoms with Gasteiger partial charge in [0.15, 0.2) is 0 Å². The lowest BCUT2D eigenvalue weighted by atomic mass is 10.2. The van der Waals surface area contributed by atoms with E-state index in [0.717, 1.165) is 17.1 Å². The summed E-state index contributed by atoms with van der Waals surface area (Å²) < 4.78 is 0. The molecular weight excluding hydrogens is 205 g/mol. The maximum absolute atomic E-state index is 5.95. The van der Waals surface area contributed by atoms with Crippen LogP contribution in [0, 0.1) is 0 Å². The van der Waals surface area contributed by atoms with Crippen molar-refractivity contribution in [2.24, 2.45) is 0 Å². The fourth-order valence-corrected chi connectivity index (χ4v) is 1.37. The van der Waals surface area contributed by atoms with Crippen molar-refractivity contribution in [1.82, 2.24) is 5.32 Å². The van der Waals surface area contributed by atoms with E-state index in [-0.39, 0.29) is 0 Å². The van der Waals surface area contributed by atoms with Crippen LogP contribution in [0.2, 0.25) is 10.0 Å². The summed E-state index contributed by atoms with van der Waals surface area (Å²) >= 11 is 11.8. The summed E-state index contributed by atoms with van der Waals surface area (Å²) in [5.74, 6) is 0. The summed E-state index contributed by atoms with van der Waals surface area (Å²) in [6.07, 6.45) is 1.80. The molecule has 1 aromatic carbocycles. The molecule has 0 saturated heterocycles. The molecule has 0 spiro atoms. The van der Waals surface area contributed by atoms with Crippen molar-refractivity contribution in [2.75, 3.05) is 6.54 Å². The standard InChI is InChI=1S/C10H11Cl2N/c1-2-5-13-7-8-6-9(11)3-4-10(8)12/h2-4,6,13H,1,5,7H2. The Hall–Kier alpha value is -0.500. The van der Waals surface area contributed by atoms with Gasteiger partial charge in [-0.3, -0.25) is 0 Å². The Bertz CT molecular complexity index is 297. The zero-order chi connectivity index (χ0) is 9.68. The van der Waals surface area contributed by atoms with E-state index in [9.17, 15) is 0 Å². The predicted molar refractivity (Wildman–Crippen MR) is 58.4 cm³/mol. The molecule has 0 aliphatic heterocycles. The van der Waals surface area contributed by atoms with E-state index in [2.05, 4.69) is 11.9 Å². The van der Waals surface area contributed by atoms with E-state index in [1.807, 2.05) is 6.07 Å². The number of rotatable bonds is 4. The van der Waals surface area contributed by atoms with Crippen LogP contribution in [0.1, 0.15) is 5.56 Å². The molecule has 0 aliphatic rings. The first-order valence-electron chi connectivity index (χ1n) is 3.99. The Balaban J connectivity index is 2.64. The second-order valence-electron chi connectivity index (χ2n) is 2.66. The molecule has 0 heterocycles. The minimum absolute atomic E-state index is 0.708. The maximum atomic E-state index is 5.95. The summed E-state index contributed by atoms with van der Waals surface area (Å²) in [7, 11) is 0. The highest BCUT2D eigenvalue weighted by atomic mass is 35.5. The number of halogens is 2. The third kappa shape index (κ3) is 3.39. The minimum Gasteiger partial charge on any atom is -0.309 e. The lowest BCUT2D eigenvalue weighted by molar-refractivity contribution is 0.761. The zero-order valence-corrected chi connectivity index (χ0v) is 8.70. The molecule has 0 atom stereocenters. The third-order valence-corrected chi connectivity index (χ3v) is 2.22. The summed E-state index contributed by atoms with van der Waals surface area (Å²) in [6.45, 7) is 5.09. The van der Waals surface area contributed by atoms with Crippen molar-refractivity contribution in [2.45, 2.75) is 6.54 Å². The normalized spacial score (nSPS) is 10.0. The molecule has 1 N–H and O–H groups in total. The van der Waals surface area contributed by atoms with Crippen molar-refractivity contribution >= 4 is 23.2 Å². The highest BCUT2D eigenvalue weighted by Gasteiger charge is 1.99. The highest BCUT2D eigenvalue weighted by Crippen LogP contribution is 2.20. The molecule has 0 fully saturated rings. The van der Waals surface area contributed by atoms with Gasteiger partial charge < -0.3 is 5.32 Å². The quantitative estimate of drug-likeness (QED) is 0.601. The summed E-state index contributed by atoms with van der Waals surface area (Å²) in [6, 6.07) is 5.44. The average Bonchev–Trinajstić information content (AvgIpc) is 2.11. The molecule has 0 saturated carbocycles. The minimum atomic E-state index is 0.708. The Morgan fingerprint density at radius 2 is 2.15 bits per heavy atom. The van der Waals surface area contributed by atoms with Crippen LogP contribution in [0.5, 0.6) is 0 Å². The Labute approximate surface area is 88.4 Å². The highest BCUT2D eigenvalue weighted by molar-refractivity contribution is 6.33. The topological polar surface area (TPSA) is 12.0 Å². The first kappa shape index (κ1) is 10.6. The van der Waals surface area contributed by atoms with Crippen LogP contribution in [0.25, 0.3) is 0 Å². The molecule has 0 bridgehead atoms. The van der Waals surface area contributed by atoms with Crippen LogP contribution in [0.3, 0.4) is 0 Å². The van der Waals surface area contributed by atoms with Gasteiger partial charge in [0.2, 0.25) is 0 Å². The maximum Gasteiger partial charge on any atom is 0.0451 e. The SMILES string of the molecule is C=CCNCc1cc(Cl)ccc1Cl. The van der Waals surface area contributed by atoms with Crippen LogP contribution in [-0.2, 0) is 6.54 Å². The molecule has 3 heteroatoms. The van der Waals surface area contributed by atoms with Crippen molar-refractivity contribution in [3.05, 3.63) is 46.5 Å². The number of benzene rings is 1. The molecule has 13 heavy (non-hydrogen) atoms. The summed E-state index contributed by atoms with van der Waals surface area (Å²) in [5.41, 5.74) is 1.01. The molecule has 70 valence electrons. The summed E-state index contributed by atoms with van der Waals surface area (Å²) in [5, 5.41) is 4.60. The van der Waals surface area contributed by atoms with Crippen molar-refractivity contribution in [3.8, 4) is 0 Å². The predicted octanol–water partition coefficient (Wildman–Crippen LogP) is 3.27. The summed E-state index contributed by atoms with van der Waals surface area (Å²) in [4.78, 5) is 0. The lowest BCUT2D eigenvalue weighted by Crippen LogP contribution is -2.12. The zero-order valence-electron chi connectivity index (χ0n) is 7.19. The number of nitrogens with one attached hydrogen (secondary N) is 1. The van der Waals surface area contributed by atoms with Crippen molar-refractivity contribution in [3.63, 3.8) is 0 Å². The second-order valence-corrected chi connectivity index (χ2v) is 3.50. The smallest absolute Gasteiger partial charge is 0.0451 e. The molecular formula is C10H11Cl2N. The largest absolute Gasteiger partial charge is 0.309 e. The van der Waals surface area contributed by atoms with Gasteiger partial charge in [-0.25, -0.2) is 0 Å². The molecule has 1 aromatic rings. The van der Waals surface area contributed by atoms with Crippen LogP contribution < -0.4 is 5.32 Å². The number of hydrogen-bond acceptors (Lipinski definition) is 1. The van der Waals surface area contributed by atoms with E-state index < -0.39 is 0 Å². The van der Waals surface area contributed by atoms with Gasteiger partial charge in [0, 0.05) is 23.1 Å². The monoisotopic (exact) mass is 215 g/mol. The van der Waals surface area contributed by atoms with Crippen LogP contribution in [-0.4, -0.2) is 6.54 Å². The van der Waals surface area contributed by atoms with Gasteiger partial charge in [-0.05, 0) is 23.8 Å². The third-order valence-electron chi connectivity index (χ3n) is 1.61. The van der Waals surface area contributed by atoms with Gasteiger partial charge in [-0.15, -0.1) is 6.58 Å². The van der Waals surface area contributed by atoms with E-state index in [4.69, 9.17) is 23.2 Å². The van der Waals surface area contributed by atoms with Gasteiger partial charge in [0.1, 0.15) is 0 Å². The van der Waals surface area contributed by atoms with Gasteiger partial charge in [0.05, 0.1) is 0 Å². The van der Waals surface area contributed by atoms with E-state index in [1.165, 1.54) is 0 Å². The van der Waals surface area contributed by atoms with Crippen molar-refractivity contribution < 1.29 is 0 Å². The molecule has 0 aromatic heterocycles. The van der Waals surface area contributed by atoms with Crippen molar-refractivity contribution in [1.29, 1.82) is 0 Å². The molecule has 0 radical (unpaired) electrons. The van der Waals surface area contributed by atoms with E-state index in [1.54, 1.807) is 18.2 Å². The second kappa shape index (κ2) is 5.28. The van der Waals surface area contributed by atoms with Crippen LogP contribution in [0.4, 0.5) is 0 Å². The molecule has 1 rings (SSSR count). The average molecular weight is 216 g/mol. The lowest BCUT2D eigenvalue weighted by Gasteiger charge is -2.04. The van der Waals surface area contributed by atoms with Crippen LogP contribution >= 0.6 is 23.2 Å². The molecule has 0 aliphatic carbocycles. The fourth-order valence-electron chi connectivity index (χ4n) is 0.988. The number of hydrogen-bond donors (Lipinski definition) is 1. The molecule has 0 unspecified atom stereocenters. The van der Waals surface area contributed by atoms with E-state index >= 15 is 0 Å². The van der Waals surface area contributed by atoms with Gasteiger partial charge >= 0.3 is 0 Å². The first-order chi connectivity index (χ1) is 6.24. The first-order valence-corrected chi connectivity index (χ1v) is 4.75. The van der Waals surface area contributed by atoms with Gasteiger partial charge in [-0.1, -0.05) is 29.3 Å². The Kier molecular flexibility index (Phi) is 4.29. The molecule has 1 nitrogen and oxygen atoms in total. The molecule has 0 amide bonds. The van der Waals surface area contributed by atoms with E-state index in [0.29, 0.717) is 11.6 Å². The fraction of sp³-hybridized carbons (Fsp3) is 0.200.